The van der Waals surface area contributed by atoms with Crippen LogP contribution in [0.15, 0.2) is 24.3 Å². The standard InChI is InChI=1S/C14H18O3/c1-11-5-2-3-6-12(11)9-14(13(15)16)7-4-8-17-10-14/h2-3,5-6H,4,7-10H2,1H3,(H,15,16). The molecule has 1 N–H and O–H groups in total. The summed E-state index contributed by atoms with van der Waals surface area (Å²) < 4.78 is 5.38. The first-order valence-corrected chi connectivity index (χ1v) is 6.00. The Morgan fingerprint density at radius 1 is 1.47 bits per heavy atom. The summed E-state index contributed by atoms with van der Waals surface area (Å²) in [5, 5.41) is 9.46. The van der Waals surface area contributed by atoms with Crippen molar-refractivity contribution in [1.29, 1.82) is 0 Å². The van der Waals surface area contributed by atoms with Crippen molar-refractivity contribution in [3.63, 3.8) is 0 Å². The minimum Gasteiger partial charge on any atom is -0.481 e. The van der Waals surface area contributed by atoms with Crippen molar-refractivity contribution in [2.45, 2.75) is 26.2 Å². The molecule has 0 spiro atoms. The highest BCUT2D eigenvalue weighted by molar-refractivity contribution is 5.75. The molecule has 1 saturated heterocycles. The maximum Gasteiger partial charge on any atom is 0.312 e. The minimum atomic E-state index is -0.736. The fraction of sp³-hybridized carbons (Fsp3) is 0.500. The highest BCUT2D eigenvalue weighted by Gasteiger charge is 2.40. The number of rotatable bonds is 3. The lowest BCUT2D eigenvalue weighted by Gasteiger charge is -2.33. The second kappa shape index (κ2) is 4.88. The first kappa shape index (κ1) is 12.1. The van der Waals surface area contributed by atoms with Crippen LogP contribution in [0.1, 0.15) is 24.0 Å². The van der Waals surface area contributed by atoms with Crippen molar-refractivity contribution in [3.8, 4) is 0 Å². The molecule has 0 aromatic heterocycles. The highest BCUT2D eigenvalue weighted by Crippen LogP contribution is 2.33. The Balaban J connectivity index is 2.24. The molecular formula is C14H18O3. The largest absolute Gasteiger partial charge is 0.481 e. The van der Waals surface area contributed by atoms with Gasteiger partial charge >= 0.3 is 5.97 Å². The van der Waals surface area contributed by atoms with E-state index in [-0.39, 0.29) is 0 Å². The maximum atomic E-state index is 11.5. The number of hydrogen-bond acceptors (Lipinski definition) is 2. The van der Waals surface area contributed by atoms with Gasteiger partial charge in [0.2, 0.25) is 0 Å². The second-order valence-electron chi connectivity index (χ2n) is 4.84. The summed E-state index contributed by atoms with van der Waals surface area (Å²) in [6.45, 7) is 3.04. The molecule has 0 bridgehead atoms. The van der Waals surface area contributed by atoms with Gasteiger partial charge in [0, 0.05) is 6.61 Å². The molecule has 0 amide bonds. The summed E-state index contributed by atoms with van der Waals surface area (Å²) in [5.74, 6) is -0.736. The zero-order valence-electron chi connectivity index (χ0n) is 10.1. The average molecular weight is 234 g/mol. The van der Waals surface area contributed by atoms with Gasteiger partial charge in [-0.25, -0.2) is 0 Å². The Kier molecular flexibility index (Phi) is 3.48. The molecule has 0 aliphatic carbocycles. The van der Waals surface area contributed by atoms with Gasteiger partial charge in [-0.05, 0) is 37.3 Å². The van der Waals surface area contributed by atoms with Gasteiger partial charge in [0.1, 0.15) is 0 Å². The lowest BCUT2D eigenvalue weighted by molar-refractivity contribution is -0.157. The lowest BCUT2D eigenvalue weighted by Crippen LogP contribution is -2.41. The topological polar surface area (TPSA) is 46.5 Å². The Bertz CT molecular complexity index is 406. The summed E-state index contributed by atoms with van der Waals surface area (Å²) >= 11 is 0. The number of ether oxygens (including phenoxy) is 1. The second-order valence-corrected chi connectivity index (χ2v) is 4.84. The number of aryl methyl sites for hydroxylation is 1. The van der Waals surface area contributed by atoms with Gasteiger partial charge in [-0.15, -0.1) is 0 Å². The number of carboxylic acid groups (broad SMARTS) is 1. The third kappa shape index (κ3) is 2.50. The van der Waals surface area contributed by atoms with Crippen LogP contribution in [-0.4, -0.2) is 24.3 Å². The van der Waals surface area contributed by atoms with Gasteiger partial charge < -0.3 is 9.84 Å². The molecule has 1 fully saturated rings. The Morgan fingerprint density at radius 2 is 2.24 bits per heavy atom. The van der Waals surface area contributed by atoms with E-state index in [1.807, 2.05) is 31.2 Å². The third-order valence-corrected chi connectivity index (χ3v) is 3.57. The van der Waals surface area contributed by atoms with Crippen molar-refractivity contribution >= 4 is 5.97 Å². The van der Waals surface area contributed by atoms with Crippen LogP contribution in [0.5, 0.6) is 0 Å². The minimum absolute atomic E-state index is 0.330. The summed E-state index contributed by atoms with van der Waals surface area (Å²) in [7, 11) is 0. The summed E-state index contributed by atoms with van der Waals surface area (Å²) in [4.78, 5) is 11.5. The quantitative estimate of drug-likeness (QED) is 0.873. The van der Waals surface area contributed by atoms with Gasteiger partial charge in [-0.2, -0.15) is 0 Å². The highest BCUT2D eigenvalue weighted by atomic mass is 16.5. The van der Waals surface area contributed by atoms with Crippen LogP contribution in [-0.2, 0) is 16.0 Å². The first-order valence-electron chi connectivity index (χ1n) is 6.00. The van der Waals surface area contributed by atoms with E-state index in [1.165, 1.54) is 0 Å². The van der Waals surface area contributed by atoms with Crippen LogP contribution in [0.4, 0.5) is 0 Å². The van der Waals surface area contributed by atoms with Crippen molar-refractivity contribution in [1.82, 2.24) is 0 Å². The van der Waals surface area contributed by atoms with E-state index >= 15 is 0 Å². The van der Waals surface area contributed by atoms with E-state index in [2.05, 4.69) is 0 Å². The van der Waals surface area contributed by atoms with Crippen LogP contribution >= 0.6 is 0 Å². The molecule has 92 valence electrons. The molecular weight excluding hydrogens is 216 g/mol. The van der Waals surface area contributed by atoms with Crippen LogP contribution < -0.4 is 0 Å². The zero-order valence-corrected chi connectivity index (χ0v) is 10.1. The molecule has 1 aromatic rings. The van der Waals surface area contributed by atoms with E-state index in [9.17, 15) is 9.90 Å². The molecule has 1 unspecified atom stereocenters. The molecule has 1 aliphatic rings. The molecule has 2 rings (SSSR count). The van der Waals surface area contributed by atoms with Crippen molar-refractivity contribution in [2.24, 2.45) is 5.41 Å². The summed E-state index contributed by atoms with van der Waals surface area (Å²) in [6.07, 6.45) is 2.10. The summed E-state index contributed by atoms with van der Waals surface area (Å²) in [5.41, 5.74) is 1.53. The molecule has 1 atom stereocenters. The van der Waals surface area contributed by atoms with E-state index in [1.54, 1.807) is 0 Å². The van der Waals surface area contributed by atoms with Gasteiger partial charge in [0.05, 0.1) is 12.0 Å². The van der Waals surface area contributed by atoms with E-state index in [0.29, 0.717) is 26.1 Å². The lowest BCUT2D eigenvalue weighted by atomic mass is 9.76. The predicted octanol–water partition coefficient (Wildman–Crippen LogP) is 2.42. The number of carboxylic acids is 1. The third-order valence-electron chi connectivity index (χ3n) is 3.57. The van der Waals surface area contributed by atoms with Crippen LogP contribution in [0.25, 0.3) is 0 Å². The van der Waals surface area contributed by atoms with Crippen molar-refractivity contribution < 1.29 is 14.6 Å². The Morgan fingerprint density at radius 3 is 2.82 bits per heavy atom. The predicted molar refractivity (Wildman–Crippen MR) is 65.0 cm³/mol. The zero-order chi connectivity index (χ0) is 12.3. The van der Waals surface area contributed by atoms with Crippen molar-refractivity contribution in [3.05, 3.63) is 35.4 Å². The molecule has 3 heteroatoms. The normalized spacial score (nSPS) is 24.5. The van der Waals surface area contributed by atoms with Gasteiger partial charge in [0.15, 0.2) is 0 Å². The molecule has 1 aromatic carbocycles. The molecule has 0 radical (unpaired) electrons. The first-order chi connectivity index (χ1) is 8.14. The molecule has 1 aliphatic heterocycles. The Labute approximate surface area is 101 Å². The van der Waals surface area contributed by atoms with Gasteiger partial charge in [-0.1, -0.05) is 24.3 Å². The molecule has 17 heavy (non-hydrogen) atoms. The van der Waals surface area contributed by atoms with E-state index in [4.69, 9.17) is 4.74 Å². The molecule has 0 saturated carbocycles. The van der Waals surface area contributed by atoms with Crippen LogP contribution in [0.3, 0.4) is 0 Å². The smallest absolute Gasteiger partial charge is 0.312 e. The van der Waals surface area contributed by atoms with Crippen molar-refractivity contribution in [2.75, 3.05) is 13.2 Å². The average Bonchev–Trinajstić information content (AvgIpc) is 2.33. The van der Waals surface area contributed by atoms with E-state index < -0.39 is 11.4 Å². The maximum absolute atomic E-state index is 11.5. The van der Waals surface area contributed by atoms with Gasteiger partial charge in [0.25, 0.3) is 0 Å². The summed E-state index contributed by atoms with van der Waals surface area (Å²) in [6, 6.07) is 7.97. The molecule has 3 nitrogen and oxygen atoms in total. The van der Waals surface area contributed by atoms with E-state index in [0.717, 1.165) is 17.5 Å². The number of benzene rings is 1. The molecule has 1 heterocycles. The number of aliphatic carboxylic acids is 1. The van der Waals surface area contributed by atoms with Gasteiger partial charge in [-0.3, -0.25) is 4.79 Å². The number of hydrogen-bond donors (Lipinski definition) is 1. The monoisotopic (exact) mass is 234 g/mol. The fourth-order valence-electron chi connectivity index (χ4n) is 2.41. The Hall–Kier alpha value is -1.35. The number of carbonyl (C=O) groups is 1. The fourth-order valence-corrected chi connectivity index (χ4v) is 2.41. The van der Waals surface area contributed by atoms with Crippen LogP contribution in [0, 0.1) is 12.3 Å². The van der Waals surface area contributed by atoms with Crippen LogP contribution in [0.2, 0.25) is 0 Å². The SMILES string of the molecule is Cc1ccccc1CC1(C(=O)O)CCCOC1.